The lowest BCUT2D eigenvalue weighted by Crippen LogP contribution is -2.31. The Balaban J connectivity index is 1.67. The summed E-state index contributed by atoms with van der Waals surface area (Å²) in [6, 6.07) is 0. The molecular weight excluding hydrogens is 448 g/mol. The fraction of sp³-hybridized carbons (Fsp3) is 0.643. The van der Waals surface area contributed by atoms with Crippen molar-refractivity contribution in [2.45, 2.75) is 83.2 Å². The minimum atomic E-state index is -1.03. The highest BCUT2D eigenvalue weighted by atomic mass is 16.6. The number of cyclic esters (lactones) is 2. The van der Waals surface area contributed by atoms with E-state index >= 15 is 0 Å². The molecule has 3 rings (SSSR count). The number of hydrogen-bond acceptors (Lipinski definition) is 7. The fourth-order valence-corrected chi connectivity index (χ4v) is 4.57. The van der Waals surface area contributed by atoms with E-state index in [1.807, 2.05) is 13.0 Å². The number of ether oxygens (including phenoxy) is 3. The standard InChI is InChI=1S/C28H40O7/c1-18-10-12-34-27(31)17-21-16-24(21)28(32)35-26(6-4-5-22(29)14-20(3)13-18)25(30)8-7-23-15-19(2)9-11-33-23/h4-5,7-9,18,21-26,29-30H,3,6,10-17H2,1-2H3/t18-,21?,22-,23-,24?,25+,26+/m1/s1. The van der Waals surface area contributed by atoms with E-state index in [0.29, 0.717) is 26.1 Å². The second-order valence-electron chi connectivity index (χ2n) is 10.3. The number of aliphatic hydroxyl groups is 2. The number of carbonyl (C=O) groups excluding carboxylic acids is 2. The van der Waals surface area contributed by atoms with Crippen LogP contribution in [0.2, 0.25) is 0 Å². The molecule has 1 saturated carbocycles. The molecule has 0 radical (unpaired) electrons. The summed E-state index contributed by atoms with van der Waals surface area (Å²) in [5.74, 6) is -0.863. The first-order valence-corrected chi connectivity index (χ1v) is 12.7. The molecule has 7 heteroatoms. The first-order valence-electron chi connectivity index (χ1n) is 12.7. The van der Waals surface area contributed by atoms with Gasteiger partial charge in [0.1, 0.15) is 12.2 Å². The molecule has 0 aromatic rings. The molecule has 194 valence electrons. The van der Waals surface area contributed by atoms with Crippen LogP contribution in [0.4, 0.5) is 0 Å². The van der Waals surface area contributed by atoms with Crippen LogP contribution in [-0.4, -0.2) is 59.8 Å². The van der Waals surface area contributed by atoms with Crippen molar-refractivity contribution in [3.05, 3.63) is 48.1 Å². The van der Waals surface area contributed by atoms with Gasteiger partial charge in [0.2, 0.25) is 0 Å². The van der Waals surface area contributed by atoms with Crippen molar-refractivity contribution in [1.82, 2.24) is 0 Å². The first kappa shape index (κ1) is 27.4. The second kappa shape index (κ2) is 13.2. The zero-order valence-corrected chi connectivity index (χ0v) is 20.9. The third-order valence-corrected chi connectivity index (χ3v) is 6.83. The molecule has 2 aliphatic heterocycles. The van der Waals surface area contributed by atoms with Crippen LogP contribution in [0, 0.1) is 17.8 Å². The molecule has 0 saturated heterocycles. The van der Waals surface area contributed by atoms with Gasteiger partial charge in [0, 0.05) is 12.8 Å². The maximum Gasteiger partial charge on any atom is 0.309 e. The van der Waals surface area contributed by atoms with E-state index in [1.165, 1.54) is 5.57 Å². The number of hydrogen-bond donors (Lipinski definition) is 2. The summed E-state index contributed by atoms with van der Waals surface area (Å²) in [6.07, 6.45) is 9.85. The SMILES string of the molecule is C=C1C[C@H](C)CCOC(=O)CC2CC2C(=O)O[C@H]([C@@H](O)C=C[C@@H]2CC(C)=CCO2)CC=C[C@@H](O)C1. The highest BCUT2D eigenvalue weighted by Gasteiger charge is 2.46. The summed E-state index contributed by atoms with van der Waals surface area (Å²) in [7, 11) is 0. The highest BCUT2D eigenvalue weighted by Crippen LogP contribution is 2.42. The van der Waals surface area contributed by atoms with E-state index in [0.717, 1.165) is 24.8 Å². The van der Waals surface area contributed by atoms with E-state index in [9.17, 15) is 19.8 Å². The van der Waals surface area contributed by atoms with Crippen LogP contribution in [0.25, 0.3) is 0 Å². The second-order valence-corrected chi connectivity index (χ2v) is 10.3. The summed E-state index contributed by atoms with van der Waals surface area (Å²) in [6.45, 7) is 9.05. The van der Waals surface area contributed by atoms with Gasteiger partial charge in [-0.1, -0.05) is 55.0 Å². The Hall–Kier alpha value is -2.22. The van der Waals surface area contributed by atoms with Crippen molar-refractivity contribution in [3.63, 3.8) is 0 Å². The van der Waals surface area contributed by atoms with Gasteiger partial charge >= 0.3 is 11.9 Å². The van der Waals surface area contributed by atoms with Crippen LogP contribution in [0.3, 0.4) is 0 Å². The van der Waals surface area contributed by atoms with Gasteiger partial charge in [-0.3, -0.25) is 9.59 Å². The van der Waals surface area contributed by atoms with Crippen molar-refractivity contribution in [1.29, 1.82) is 0 Å². The van der Waals surface area contributed by atoms with Gasteiger partial charge in [-0.15, -0.1) is 0 Å². The molecule has 0 aromatic carbocycles. The Labute approximate surface area is 208 Å². The van der Waals surface area contributed by atoms with Crippen molar-refractivity contribution in [2.75, 3.05) is 13.2 Å². The molecule has 0 amide bonds. The van der Waals surface area contributed by atoms with Crippen LogP contribution in [0.1, 0.15) is 58.8 Å². The zero-order chi connectivity index (χ0) is 25.4. The topological polar surface area (TPSA) is 102 Å². The quantitative estimate of drug-likeness (QED) is 0.460. The van der Waals surface area contributed by atoms with E-state index in [-0.39, 0.29) is 42.7 Å². The lowest BCUT2D eigenvalue weighted by molar-refractivity contribution is -0.155. The van der Waals surface area contributed by atoms with Crippen LogP contribution in [-0.2, 0) is 23.8 Å². The Bertz CT molecular complexity index is 842. The van der Waals surface area contributed by atoms with Gasteiger partial charge in [0.15, 0.2) is 0 Å². The van der Waals surface area contributed by atoms with Crippen LogP contribution >= 0.6 is 0 Å². The van der Waals surface area contributed by atoms with Gasteiger partial charge < -0.3 is 24.4 Å². The largest absolute Gasteiger partial charge is 0.466 e. The predicted molar refractivity (Wildman–Crippen MR) is 132 cm³/mol. The Morgan fingerprint density at radius 3 is 2.77 bits per heavy atom. The molecule has 7 atom stereocenters. The van der Waals surface area contributed by atoms with E-state index in [4.69, 9.17) is 14.2 Å². The predicted octanol–water partition coefficient (Wildman–Crippen LogP) is 3.80. The van der Waals surface area contributed by atoms with Gasteiger partial charge in [0.25, 0.3) is 0 Å². The van der Waals surface area contributed by atoms with E-state index in [2.05, 4.69) is 13.5 Å². The molecular formula is C28H40O7. The van der Waals surface area contributed by atoms with Crippen LogP contribution in [0.15, 0.2) is 48.1 Å². The van der Waals surface area contributed by atoms with Crippen LogP contribution in [0.5, 0.6) is 0 Å². The van der Waals surface area contributed by atoms with E-state index in [1.54, 1.807) is 24.3 Å². The molecule has 0 aromatic heterocycles. The molecule has 2 N–H and O–H groups in total. The summed E-state index contributed by atoms with van der Waals surface area (Å²) < 4.78 is 16.7. The number of esters is 2. The molecule has 1 aliphatic carbocycles. The molecule has 0 bridgehead atoms. The Kier molecular flexibility index (Phi) is 10.3. The van der Waals surface area contributed by atoms with Gasteiger partial charge in [0.05, 0.1) is 31.3 Å². The smallest absolute Gasteiger partial charge is 0.309 e. The van der Waals surface area contributed by atoms with Crippen molar-refractivity contribution >= 4 is 11.9 Å². The average Bonchev–Trinajstić information content (AvgIpc) is 3.55. The number of rotatable bonds is 3. The fourth-order valence-electron chi connectivity index (χ4n) is 4.57. The number of aliphatic hydroxyl groups excluding tert-OH is 2. The maximum absolute atomic E-state index is 12.7. The van der Waals surface area contributed by atoms with Crippen LogP contribution < -0.4 is 0 Å². The molecule has 35 heavy (non-hydrogen) atoms. The summed E-state index contributed by atoms with van der Waals surface area (Å²) in [5.41, 5.74) is 2.15. The molecule has 1 fully saturated rings. The lowest BCUT2D eigenvalue weighted by Gasteiger charge is -2.22. The summed E-state index contributed by atoms with van der Waals surface area (Å²) in [4.78, 5) is 24.9. The lowest BCUT2D eigenvalue weighted by atomic mass is 9.95. The third-order valence-electron chi connectivity index (χ3n) is 6.83. The molecule has 2 unspecified atom stereocenters. The minimum Gasteiger partial charge on any atom is -0.466 e. The monoisotopic (exact) mass is 488 g/mol. The number of carbonyl (C=O) groups is 2. The van der Waals surface area contributed by atoms with Crippen molar-refractivity contribution < 1.29 is 34.0 Å². The summed E-state index contributed by atoms with van der Waals surface area (Å²) in [5, 5.41) is 21.2. The normalized spacial score (nSPS) is 34.7. The Morgan fingerprint density at radius 2 is 2.00 bits per heavy atom. The number of fused-ring (bicyclic) bond motifs is 1. The first-order chi connectivity index (χ1) is 16.7. The molecule has 0 spiro atoms. The minimum absolute atomic E-state index is 0.0813. The highest BCUT2D eigenvalue weighted by molar-refractivity contribution is 5.78. The third kappa shape index (κ3) is 9.39. The molecule has 2 heterocycles. The molecule has 7 nitrogen and oxygen atoms in total. The van der Waals surface area contributed by atoms with Crippen molar-refractivity contribution in [3.8, 4) is 0 Å². The Morgan fingerprint density at radius 1 is 1.20 bits per heavy atom. The van der Waals surface area contributed by atoms with Crippen molar-refractivity contribution in [2.24, 2.45) is 17.8 Å². The van der Waals surface area contributed by atoms with Gasteiger partial charge in [-0.05, 0) is 50.9 Å². The average molecular weight is 489 g/mol. The van der Waals surface area contributed by atoms with E-state index < -0.39 is 24.3 Å². The van der Waals surface area contributed by atoms with Gasteiger partial charge in [-0.25, -0.2) is 0 Å². The maximum atomic E-state index is 12.7. The summed E-state index contributed by atoms with van der Waals surface area (Å²) >= 11 is 0. The zero-order valence-electron chi connectivity index (χ0n) is 20.9. The van der Waals surface area contributed by atoms with Gasteiger partial charge in [-0.2, -0.15) is 0 Å². The molecule has 3 aliphatic rings.